The monoisotopic (exact) mass is 148 g/mol. The molecule has 0 aromatic heterocycles. The lowest BCUT2D eigenvalue weighted by Gasteiger charge is -2.24. The maximum absolute atomic E-state index is 10.3. The lowest BCUT2D eigenvalue weighted by Crippen LogP contribution is -2.45. The first-order valence-electron chi connectivity index (χ1n) is 2.96. The molecule has 0 aliphatic heterocycles. The Morgan fingerprint density at radius 1 is 1.60 bits per heavy atom. The predicted octanol–water partition coefficient (Wildman–Crippen LogP) is 0.0620. The van der Waals surface area contributed by atoms with Crippen LogP contribution in [0.4, 0.5) is 0 Å². The number of methoxy groups -OCH3 is 1. The third kappa shape index (κ3) is 1.46. The van der Waals surface area contributed by atoms with Crippen LogP contribution in [-0.2, 0) is 9.53 Å². The molecule has 0 aromatic carbocycles. The Bertz CT molecular complexity index is 132. The third-order valence-electron chi connectivity index (χ3n) is 1.40. The zero-order valence-corrected chi connectivity index (χ0v) is 6.29. The van der Waals surface area contributed by atoms with Crippen molar-refractivity contribution in [2.45, 2.75) is 19.6 Å². The maximum Gasteiger partial charge on any atom is 0.364 e. The van der Waals surface area contributed by atoms with E-state index in [1.807, 2.05) is 0 Å². The van der Waals surface area contributed by atoms with E-state index >= 15 is 0 Å². The summed E-state index contributed by atoms with van der Waals surface area (Å²) in [5.41, 5.74) is 0. The molecule has 0 saturated heterocycles. The molecule has 1 unspecified atom stereocenters. The van der Waals surface area contributed by atoms with Crippen LogP contribution in [-0.4, -0.2) is 29.1 Å². The van der Waals surface area contributed by atoms with Gasteiger partial charge in [-0.15, -0.1) is 0 Å². The SMILES string of the molecule is COC(O)(C(=O)O)C(C)C. The van der Waals surface area contributed by atoms with Gasteiger partial charge in [0.25, 0.3) is 5.79 Å². The molecule has 0 spiro atoms. The molecule has 2 N–H and O–H groups in total. The Morgan fingerprint density at radius 2 is 2.00 bits per heavy atom. The molecule has 0 aliphatic rings. The van der Waals surface area contributed by atoms with Crippen LogP contribution in [0, 0.1) is 5.92 Å². The van der Waals surface area contributed by atoms with Gasteiger partial charge in [0.05, 0.1) is 0 Å². The van der Waals surface area contributed by atoms with E-state index < -0.39 is 17.7 Å². The van der Waals surface area contributed by atoms with Gasteiger partial charge in [-0.2, -0.15) is 0 Å². The van der Waals surface area contributed by atoms with Crippen molar-refractivity contribution in [3.63, 3.8) is 0 Å². The predicted molar refractivity (Wildman–Crippen MR) is 34.4 cm³/mol. The van der Waals surface area contributed by atoms with Gasteiger partial charge in [0.1, 0.15) is 0 Å². The summed E-state index contributed by atoms with van der Waals surface area (Å²) >= 11 is 0. The number of carbonyl (C=O) groups is 1. The molecule has 0 radical (unpaired) electrons. The van der Waals surface area contributed by atoms with Crippen LogP contribution in [0.25, 0.3) is 0 Å². The van der Waals surface area contributed by atoms with Gasteiger partial charge in [-0.05, 0) is 0 Å². The number of ether oxygens (including phenoxy) is 1. The number of carboxylic acid groups (broad SMARTS) is 1. The fourth-order valence-electron chi connectivity index (χ4n) is 0.570. The van der Waals surface area contributed by atoms with Crippen molar-refractivity contribution in [2.24, 2.45) is 5.92 Å². The summed E-state index contributed by atoms with van der Waals surface area (Å²) in [4.78, 5) is 10.3. The largest absolute Gasteiger partial charge is 0.477 e. The maximum atomic E-state index is 10.3. The van der Waals surface area contributed by atoms with E-state index in [1.54, 1.807) is 13.8 Å². The van der Waals surface area contributed by atoms with Gasteiger partial charge < -0.3 is 14.9 Å². The van der Waals surface area contributed by atoms with Crippen LogP contribution in [0.3, 0.4) is 0 Å². The molecule has 0 rings (SSSR count). The van der Waals surface area contributed by atoms with E-state index in [0.29, 0.717) is 0 Å². The summed E-state index contributed by atoms with van der Waals surface area (Å²) in [5.74, 6) is -3.86. The first-order valence-corrected chi connectivity index (χ1v) is 2.96. The highest BCUT2D eigenvalue weighted by Crippen LogP contribution is 2.17. The van der Waals surface area contributed by atoms with Crippen molar-refractivity contribution < 1.29 is 19.7 Å². The lowest BCUT2D eigenvalue weighted by molar-refractivity contribution is -0.229. The smallest absolute Gasteiger partial charge is 0.364 e. The molecule has 0 heterocycles. The molecular weight excluding hydrogens is 136 g/mol. The van der Waals surface area contributed by atoms with E-state index in [0.717, 1.165) is 7.11 Å². The number of hydrogen-bond acceptors (Lipinski definition) is 3. The lowest BCUT2D eigenvalue weighted by atomic mass is 10.0. The van der Waals surface area contributed by atoms with Gasteiger partial charge in [-0.3, -0.25) is 0 Å². The summed E-state index contributed by atoms with van der Waals surface area (Å²) < 4.78 is 4.42. The Kier molecular flexibility index (Phi) is 2.80. The molecular formula is C6H12O4. The van der Waals surface area contributed by atoms with Gasteiger partial charge in [-0.1, -0.05) is 13.8 Å². The Labute approximate surface area is 59.4 Å². The fraction of sp³-hybridized carbons (Fsp3) is 0.833. The summed E-state index contributed by atoms with van der Waals surface area (Å²) in [7, 11) is 1.16. The first-order chi connectivity index (χ1) is 4.45. The highest BCUT2D eigenvalue weighted by Gasteiger charge is 2.39. The van der Waals surface area contributed by atoms with E-state index in [2.05, 4.69) is 4.74 Å². The summed E-state index contributed by atoms with van der Waals surface area (Å²) in [5, 5.41) is 17.6. The molecule has 0 saturated carbocycles. The van der Waals surface area contributed by atoms with Crippen molar-refractivity contribution in [1.82, 2.24) is 0 Å². The molecule has 0 fully saturated rings. The molecule has 1 atom stereocenters. The number of carboxylic acids is 1. The van der Waals surface area contributed by atoms with Crippen LogP contribution < -0.4 is 0 Å². The standard InChI is InChI=1S/C6H12O4/c1-4(2)6(9,10-3)5(7)8/h4,9H,1-3H3,(H,7,8). The Hall–Kier alpha value is -0.610. The second-order valence-corrected chi connectivity index (χ2v) is 2.36. The van der Waals surface area contributed by atoms with Crippen molar-refractivity contribution >= 4 is 5.97 Å². The van der Waals surface area contributed by atoms with Gasteiger partial charge in [-0.25, -0.2) is 4.79 Å². The van der Waals surface area contributed by atoms with Gasteiger partial charge in [0.15, 0.2) is 0 Å². The van der Waals surface area contributed by atoms with Crippen LogP contribution in [0.5, 0.6) is 0 Å². The van der Waals surface area contributed by atoms with Crippen molar-refractivity contribution in [1.29, 1.82) is 0 Å². The van der Waals surface area contributed by atoms with E-state index in [-0.39, 0.29) is 0 Å². The Balaban J connectivity index is 4.38. The minimum Gasteiger partial charge on any atom is -0.477 e. The molecule has 0 bridgehead atoms. The first kappa shape index (κ1) is 9.39. The second kappa shape index (κ2) is 2.98. The summed E-state index contributed by atoms with van der Waals surface area (Å²) in [6, 6.07) is 0. The highest BCUT2D eigenvalue weighted by molar-refractivity contribution is 5.75. The normalized spacial score (nSPS) is 16.9. The fourth-order valence-corrected chi connectivity index (χ4v) is 0.570. The molecule has 10 heavy (non-hydrogen) atoms. The average molecular weight is 148 g/mol. The minimum atomic E-state index is -2.04. The van der Waals surface area contributed by atoms with Crippen molar-refractivity contribution in [3.05, 3.63) is 0 Å². The van der Waals surface area contributed by atoms with E-state index in [9.17, 15) is 4.79 Å². The summed E-state index contributed by atoms with van der Waals surface area (Å²) in [6.45, 7) is 3.13. The van der Waals surface area contributed by atoms with Crippen molar-refractivity contribution in [2.75, 3.05) is 7.11 Å². The van der Waals surface area contributed by atoms with Gasteiger partial charge in [0.2, 0.25) is 0 Å². The molecule has 4 heteroatoms. The number of rotatable bonds is 3. The quantitative estimate of drug-likeness (QED) is 0.555. The molecule has 60 valence electrons. The van der Waals surface area contributed by atoms with Gasteiger partial charge in [0, 0.05) is 13.0 Å². The van der Waals surface area contributed by atoms with Crippen LogP contribution in [0.1, 0.15) is 13.8 Å². The Morgan fingerprint density at radius 3 is 2.00 bits per heavy atom. The average Bonchev–Trinajstić information content (AvgIpc) is 1.85. The zero-order valence-electron chi connectivity index (χ0n) is 6.29. The third-order valence-corrected chi connectivity index (χ3v) is 1.40. The number of aliphatic hydroxyl groups is 1. The van der Waals surface area contributed by atoms with Crippen LogP contribution in [0.2, 0.25) is 0 Å². The molecule has 0 amide bonds. The topological polar surface area (TPSA) is 66.8 Å². The minimum absolute atomic E-state index is 0.463. The van der Waals surface area contributed by atoms with Crippen LogP contribution >= 0.6 is 0 Å². The molecule has 0 aromatic rings. The van der Waals surface area contributed by atoms with E-state index in [1.165, 1.54) is 0 Å². The second-order valence-electron chi connectivity index (χ2n) is 2.36. The van der Waals surface area contributed by atoms with Crippen LogP contribution in [0.15, 0.2) is 0 Å². The molecule has 0 aliphatic carbocycles. The number of aliphatic carboxylic acids is 1. The zero-order chi connectivity index (χ0) is 8.36. The highest BCUT2D eigenvalue weighted by atomic mass is 16.6. The van der Waals surface area contributed by atoms with E-state index in [4.69, 9.17) is 10.2 Å². The molecule has 4 nitrogen and oxygen atoms in total. The summed E-state index contributed by atoms with van der Waals surface area (Å²) in [6.07, 6.45) is 0. The van der Waals surface area contributed by atoms with Gasteiger partial charge >= 0.3 is 5.97 Å². The van der Waals surface area contributed by atoms with Crippen molar-refractivity contribution in [3.8, 4) is 0 Å². The number of hydrogen-bond donors (Lipinski definition) is 2.